The molecule has 3 rings (SSSR count). The summed E-state index contributed by atoms with van der Waals surface area (Å²) in [5, 5.41) is 11.2. The number of fused-ring (bicyclic) bond motifs is 1. The van der Waals surface area contributed by atoms with Crippen LogP contribution in [0, 0.1) is 17.0 Å². The zero-order valence-corrected chi connectivity index (χ0v) is 13.6. The lowest BCUT2D eigenvalue weighted by Gasteiger charge is -2.09. The summed E-state index contributed by atoms with van der Waals surface area (Å²) in [6.07, 6.45) is 0. The average Bonchev–Trinajstić information content (AvgIpc) is 2.54. The standard InChI is InChI=1S/C16H11NO7S/c1-10-6-8-11(9-7-10)25(21,22)24-15-12-4-2-3-5-13(12)23-16(18)14(15)17(19)20/h2-9H,1H3. The van der Waals surface area contributed by atoms with E-state index in [1.807, 2.05) is 0 Å². The van der Waals surface area contributed by atoms with E-state index in [-0.39, 0.29) is 15.9 Å². The topological polar surface area (TPSA) is 117 Å². The van der Waals surface area contributed by atoms with Crippen LogP contribution in [-0.4, -0.2) is 13.3 Å². The molecule has 0 aliphatic heterocycles. The summed E-state index contributed by atoms with van der Waals surface area (Å²) in [6, 6.07) is 11.5. The highest BCUT2D eigenvalue weighted by molar-refractivity contribution is 7.87. The van der Waals surface area contributed by atoms with Crippen LogP contribution in [-0.2, 0) is 10.1 Å². The smallest absolute Gasteiger partial charge is 0.417 e. The number of para-hydroxylation sites is 1. The summed E-state index contributed by atoms with van der Waals surface area (Å²) in [7, 11) is -4.38. The SMILES string of the molecule is Cc1ccc(S(=O)(=O)Oc2c([N+](=O)[O-])c(=O)oc3ccccc23)cc1. The molecule has 0 saturated carbocycles. The normalized spacial score (nSPS) is 11.4. The van der Waals surface area contributed by atoms with Crippen LogP contribution in [0.15, 0.2) is 62.6 Å². The molecule has 9 heteroatoms. The van der Waals surface area contributed by atoms with Gasteiger partial charge in [0.05, 0.1) is 10.3 Å². The molecule has 0 amide bonds. The molecule has 0 atom stereocenters. The number of aryl methyl sites for hydroxylation is 1. The molecule has 25 heavy (non-hydrogen) atoms. The summed E-state index contributed by atoms with van der Waals surface area (Å²) < 4.78 is 34.8. The second-order valence-corrected chi connectivity index (χ2v) is 6.72. The fraction of sp³-hybridized carbons (Fsp3) is 0.0625. The second kappa shape index (κ2) is 6.02. The molecule has 0 aliphatic carbocycles. The Hall–Kier alpha value is -3.20. The van der Waals surface area contributed by atoms with E-state index in [0.717, 1.165) is 5.56 Å². The third kappa shape index (κ3) is 3.09. The van der Waals surface area contributed by atoms with Crippen molar-refractivity contribution >= 4 is 26.8 Å². The fourth-order valence-corrected chi connectivity index (χ4v) is 3.17. The highest BCUT2D eigenvalue weighted by Crippen LogP contribution is 2.34. The van der Waals surface area contributed by atoms with Crippen molar-refractivity contribution in [2.45, 2.75) is 11.8 Å². The van der Waals surface area contributed by atoms with Gasteiger partial charge in [-0.05, 0) is 31.2 Å². The van der Waals surface area contributed by atoms with E-state index in [9.17, 15) is 23.3 Å². The van der Waals surface area contributed by atoms with E-state index in [2.05, 4.69) is 0 Å². The van der Waals surface area contributed by atoms with Gasteiger partial charge < -0.3 is 8.60 Å². The van der Waals surface area contributed by atoms with E-state index in [1.54, 1.807) is 19.1 Å². The van der Waals surface area contributed by atoms with E-state index in [4.69, 9.17) is 8.60 Å². The van der Waals surface area contributed by atoms with Crippen molar-refractivity contribution in [3.63, 3.8) is 0 Å². The Labute approximate surface area is 141 Å². The van der Waals surface area contributed by atoms with Crippen LogP contribution in [0.1, 0.15) is 5.56 Å². The lowest BCUT2D eigenvalue weighted by molar-refractivity contribution is -0.387. The van der Waals surface area contributed by atoms with Crippen molar-refractivity contribution in [2.24, 2.45) is 0 Å². The van der Waals surface area contributed by atoms with Crippen molar-refractivity contribution in [1.29, 1.82) is 0 Å². The zero-order valence-electron chi connectivity index (χ0n) is 12.8. The van der Waals surface area contributed by atoms with Crippen LogP contribution in [0.3, 0.4) is 0 Å². The quantitative estimate of drug-likeness (QED) is 0.303. The molecule has 0 fully saturated rings. The molecule has 8 nitrogen and oxygen atoms in total. The molecule has 128 valence electrons. The van der Waals surface area contributed by atoms with Gasteiger partial charge in [0.25, 0.3) is 0 Å². The Bertz CT molecular complexity index is 1130. The number of hydrogen-bond acceptors (Lipinski definition) is 7. The molecule has 0 saturated heterocycles. The molecule has 1 heterocycles. The molecule has 0 radical (unpaired) electrons. The zero-order chi connectivity index (χ0) is 18.2. The Morgan fingerprint density at radius 2 is 1.72 bits per heavy atom. The maximum Gasteiger partial charge on any atom is 0.419 e. The number of rotatable bonds is 4. The number of benzene rings is 2. The van der Waals surface area contributed by atoms with Crippen molar-refractivity contribution in [2.75, 3.05) is 0 Å². The molecule has 3 aromatic rings. The first-order chi connectivity index (χ1) is 11.8. The van der Waals surface area contributed by atoms with Gasteiger partial charge in [0.15, 0.2) is 0 Å². The summed E-state index contributed by atoms with van der Waals surface area (Å²) in [5.74, 6) is -0.669. The lowest BCUT2D eigenvalue weighted by Crippen LogP contribution is -2.15. The molecule has 2 aromatic carbocycles. The van der Waals surface area contributed by atoms with E-state index in [1.165, 1.54) is 36.4 Å². The van der Waals surface area contributed by atoms with Crippen LogP contribution in [0.25, 0.3) is 11.0 Å². The van der Waals surface area contributed by atoms with Gasteiger partial charge in [0, 0.05) is 0 Å². The number of nitro groups is 1. The maximum atomic E-state index is 12.5. The minimum absolute atomic E-state index is 0.00415. The molecule has 0 aliphatic rings. The van der Waals surface area contributed by atoms with Crippen molar-refractivity contribution in [3.8, 4) is 5.75 Å². The fourth-order valence-electron chi connectivity index (χ4n) is 2.22. The molecular weight excluding hydrogens is 350 g/mol. The predicted octanol–water partition coefficient (Wildman–Crippen LogP) is 2.78. The van der Waals surface area contributed by atoms with Crippen LogP contribution in [0.5, 0.6) is 5.75 Å². The highest BCUT2D eigenvalue weighted by atomic mass is 32.2. The van der Waals surface area contributed by atoms with Gasteiger partial charge in [-0.15, -0.1) is 0 Å². The second-order valence-electron chi connectivity index (χ2n) is 5.17. The largest absolute Gasteiger partial charge is 0.419 e. The molecule has 0 N–H and O–H groups in total. The first-order valence-corrected chi connectivity index (χ1v) is 8.42. The third-order valence-electron chi connectivity index (χ3n) is 3.43. The number of nitrogens with zero attached hydrogens (tertiary/aromatic N) is 1. The van der Waals surface area contributed by atoms with Gasteiger partial charge >= 0.3 is 21.4 Å². The summed E-state index contributed by atoms with van der Waals surface area (Å²) >= 11 is 0. The minimum Gasteiger partial charge on any atom is -0.417 e. The van der Waals surface area contributed by atoms with Crippen molar-refractivity contribution in [3.05, 3.63) is 74.6 Å². The first-order valence-electron chi connectivity index (χ1n) is 7.01. The van der Waals surface area contributed by atoms with Crippen LogP contribution in [0.2, 0.25) is 0 Å². The monoisotopic (exact) mass is 361 g/mol. The van der Waals surface area contributed by atoms with Crippen molar-refractivity contribution in [1.82, 2.24) is 0 Å². The van der Waals surface area contributed by atoms with Gasteiger partial charge in [-0.1, -0.05) is 29.8 Å². The summed E-state index contributed by atoms with van der Waals surface area (Å²) in [6.45, 7) is 1.78. The summed E-state index contributed by atoms with van der Waals surface area (Å²) in [4.78, 5) is 21.9. The number of hydrogen-bond donors (Lipinski definition) is 0. The van der Waals surface area contributed by atoms with Crippen LogP contribution < -0.4 is 9.81 Å². The first kappa shape index (κ1) is 16.7. The predicted molar refractivity (Wildman–Crippen MR) is 88.1 cm³/mol. The maximum absolute atomic E-state index is 12.5. The molecule has 1 aromatic heterocycles. The van der Waals surface area contributed by atoms with Crippen LogP contribution in [0.4, 0.5) is 5.69 Å². The minimum atomic E-state index is -4.38. The Morgan fingerprint density at radius 3 is 2.36 bits per heavy atom. The van der Waals surface area contributed by atoms with Crippen molar-refractivity contribution < 1.29 is 21.9 Å². The third-order valence-corrected chi connectivity index (χ3v) is 4.66. The average molecular weight is 361 g/mol. The molecular formula is C16H11NO7S. The van der Waals surface area contributed by atoms with E-state index in [0.29, 0.717) is 0 Å². The van der Waals surface area contributed by atoms with Gasteiger partial charge in [-0.3, -0.25) is 10.1 Å². The van der Waals surface area contributed by atoms with Gasteiger partial charge in [0.1, 0.15) is 10.5 Å². The summed E-state index contributed by atoms with van der Waals surface area (Å²) in [5.41, 5.74) is -1.56. The lowest BCUT2D eigenvalue weighted by atomic mass is 10.2. The molecule has 0 spiro atoms. The van der Waals surface area contributed by atoms with E-state index >= 15 is 0 Å². The Morgan fingerprint density at radius 1 is 1.08 bits per heavy atom. The van der Waals surface area contributed by atoms with E-state index < -0.39 is 32.1 Å². The highest BCUT2D eigenvalue weighted by Gasteiger charge is 2.30. The Kier molecular flexibility index (Phi) is 4.01. The van der Waals surface area contributed by atoms with Gasteiger partial charge in [-0.2, -0.15) is 8.42 Å². The molecule has 0 unspecified atom stereocenters. The van der Waals surface area contributed by atoms with Crippen LogP contribution >= 0.6 is 0 Å². The van der Waals surface area contributed by atoms with Gasteiger partial charge in [0.2, 0.25) is 5.75 Å². The van der Waals surface area contributed by atoms with Gasteiger partial charge in [-0.25, -0.2) is 4.79 Å². The molecule has 0 bridgehead atoms. The Balaban J connectivity index is 2.24.